The maximum Gasteiger partial charge on any atom is 0.241 e. The number of thioether (sulfide) groups is 1. The van der Waals surface area contributed by atoms with Gasteiger partial charge in [0.05, 0.1) is 12.2 Å². The molecular weight excluding hydrogens is 232 g/mol. The summed E-state index contributed by atoms with van der Waals surface area (Å²) in [7, 11) is 0. The van der Waals surface area contributed by atoms with Crippen molar-refractivity contribution < 1.29 is 4.79 Å². The van der Waals surface area contributed by atoms with E-state index in [0.29, 0.717) is 11.9 Å². The number of amides is 1. The molecule has 2 fully saturated rings. The second-order valence-corrected chi connectivity index (χ2v) is 6.25. The van der Waals surface area contributed by atoms with Crippen LogP contribution in [0.4, 0.5) is 0 Å². The van der Waals surface area contributed by atoms with E-state index >= 15 is 0 Å². The Hall–Kier alpha value is -0.220. The highest BCUT2D eigenvalue weighted by molar-refractivity contribution is 7.99. The number of hydrogen-bond donors (Lipinski definition) is 1. The van der Waals surface area contributed by atoms with Gasteiger partial charge in [0.1, 0.15) is 0 Å². The average molecular weight is 256 g/mol. The molecule has 0 saturated carbocycles. The molecule has 17 heavy (non-hydrogen) atoms. The van der Waals surface area contributed by atoms with E-state index in [0.717, 1.165) is 19.3 Å². The number of nitrogens with one attached hydrogen (secondary N) is 1. The van der Waals surface area contributed by atoms with Crippen LogP contribution in [-0.2, 0) is 4.79 Å². The first-order valence-electron chi connectivity index (χ1n) is 6.93. The van der Waals surface area contributed by atoms with Crippen molar-refractivity contribution in [3.05, 3.63) is 0 Å². The van der Waals surface area contributed by atoms with Crippen LogP contribution in [0, 0.1) is 0 Å². The molecule has 2 saturated heterocycles. The quantitative estimate of drug-likeness (QED) is 0.837. The first-order valence-corrected chi connectivity index (χ1v) is 8.09. The van der Waals surface area contributed by atoms with Gasteiger partial charge in [-0.25, -0.2) is 0 Å². The summed E-state index contributed by atoms with van der Waals surface area (Å²) in [4.78, 5) is 14.6. The van der Waals surface area contributed by atoms with Crippen LogP contribution < -0.4 is 5.32 Å². The van der Waals surface area contributed by atoms with E-state index in [1.807, 2.05) is 11.8 Å². The van der Waals surface area contributed by atoms with Crippen molar-refractivity contribution >= 4 is 17.7 Å². The topological polar surface area (TPSA) is 32.3 Å². The average Bonchev–Trinajstić information content (AvgIpc) is 2.68. The number of carbonyl (C=O) groups excluding carboxylic acids is 1. The minimum absolute atomic E-state index is 0.0829. The number of rotatable bonds is 4. The van der Waals surface area contributed by atoms with Crippen LogP contribution in [0.1, 0.15) is 46.0 Å². The van der Waals surface area contributed by atoms with Crippen molar-refractivity contribution in [2.75, 3.05) is 11.5 Å². The standard InChI is InChI=1S/C13H24N2OS/c1-3-5-11-13(16)15(12(4-2)14-11)10-6-8-17-9-7-10/h10-12,14H,3-9H2,1-2H3. The SMILES string of the molecule is CCCC1NC(CC)N(C2CCSCC2)C1=O. The molecule has 0 radical (unpaired) electrons. The van der Waals surface area contributed by atoms with E-state index in [-0.39, 0.29) is 12.2 Å². The van der Waals surface area contributed by atoms with Crippen LogP contribution in [0.5, 0.6) is 0 Å². The molecule has 2 aliphatic heterocycles. The van der Waals surface area contributed by atoms with Crippen LogP contribution in [0.25, 0.3) is 0 Å². The molecule has 0 spiro atoms. The van der Waals surface area contributed by atoms with E-state index in [2.05, 4.69) is 24.1 Å². The highest BCUT2D eigenvalue weighted by atomic mass is 32.2. The maximum absolute atomic E-state index is 12.4. The lowest BCUT2D eigenvalue weighted by molar-refractivity contribution is -0.132. The molecule has 0 bridgehead atoms. The van der Waals surface area contributed by atoms with Gasteiger partial charge in [-0.05, 0) is 37.2 Å². The van der Waals surface area contributed by atoms with Gasteiger partial charge in [0, 0.05) is 6.04 Å². The van der Waals surface area contributed by atoms with Crippen molar-refractivity contribution in [1.29, 1.82) is 0 Å². The van der Waals surface area contributed by atoms with Gasteiger partial charge < -0.3 is 4.90 Å². The highest BCUT2D eigenvalue weighted by Crippen LogP contribution is 2.27. The molecule has 0 aromatic rings. The third kappa shape index (κ3) is 2.79. The summed E-state index contributed by atoms with van der Waals surface area (Å²) in [5.41, 5.74) is 0. The molecule has 2 unspecified atom stereocenters. The summed E-state index contributed by atoms with van der Waals surface area (Å²) in [6.45, 7) is 4.32. The third-order valence-electron chi connectivity index (χ3n) is 3.83. The van der Waals surface area contributed by atoms with Crippen LogP contribution >= 0.6 is 11.8 Å². The van der Waals surface area contributed by atoms with Crippen molar-refractivity contribution in [2.24, 2.45) is 0 Å². The second-order valence-electron chi connectivity index (χ2n) is 5.02. The number of nitrogens with zero attached hydrogens (tertiary/aromatic N) is 1. The van der Waals surface area contributed by atoms with Crippen LogP contribution in [0.15, 0.2) is 0 Å². The van der Waals surface area contributed by atoms with E-state index < -0.39 is 0 Å². The first-order chi connectivity index (χ1) is 8.27. The summed E-state index contributed by atoms with van der Waals surface area (Å²) in [6, 6.07) is 0.572. The Morgan fingerprint density at radius 3 is 2.65 bits per heavy atom. The minimum atomic E-state index is 0.0829. The summed E-state index contributed by atoms with van der Waals surface area (Å²) in [5, 5.41) is 3.51. The van der Waals surface area contributed by atoms with Gasteiger partial charge in [-0.3, -0.25) is 10.1 Å². The van der Waals surface area contributed by atoms with Gasteiger partial charge in [0.2, 0.25) is 5.91 Å². The first kappa shape index (κ1) is 13.2. The summed E-state index contributed by atoms with van der Waals surface area (Å²) < 4.78 is 0. The van der Waals surface area contributed by atoms with E-state index in [1.165, 1.54) is 24.3 Å². The third-order valence-corrected chi connectivity index (χ3v) is 4.88. The Kier molecular flexibility index (Phi) is 4.74. The van der Waals surface area contributed by atoms with Crippen molar-refractivity contribution in [1.82, 2.24) is 10.2 Å². The fourth-order valence-corrected chi connectivity index (χ4v) is 4.01. The van der Waals surface area contributed by atoms with Gasteiger partial charge in [-0.15, -0.1) is 0 Å². The molecule has 0 aromatic heterocycles. The second kappa shape index (κ2) is 6.10. The van der Waals surface area contributed by atoms with Crippen molar-refractivity contribution in [2.45, 2.75) is 64.2 Å². The monoisotopic (exact) mass is 256 g/mol. The predicted molar refractivity (Wildman–Crippen MR) is 73.1 cm³/mol. The van der Waals surface area contributed by atoms with E-state index in [9.17, 15) is 4.79 Å². The zero-order chi connectivity index (χ0) is 12.3. The lowest BCUT2D eigenvalue weighted by Crippen LogP contribution is -2.45. The Bertz CT molecular complexity index is 266. The summed E-state index contributed by atoms with van der Waals surface area (Å²) in [6.07, 6.45) is 5.71. The lowest BCUT2D eigenvalue weighted by Gasteiger charge is -2.34. The fraction of sp³-hybridized carbons (Fsp3) is 0.923. The van der Waals surface area contributed by atoms with Crippen LogP contribution in [-0.4, -0.2) is 40.6 Å². The summed E-state index contributed by atoms with van der Waals surface area (Å²) in [5.74, 6) is 2.78. The van der Waals surface area contributed by atoms with Gasteiger partial charge in [-0.1, -0.05) is 20.3 Å². The molecule has 1 N–H and O–H groups in total. The number of hydrogen-bond acceptors (Lipinski definition) is 3. The van der Waals surface area contributed by atoms with E-state index in [1.54, 1.807) is 0 Å². The zero-order valence-corrected chi connectivity index (χ0v) is 11.8. The normalized spacial score (nSPS) is 31.2. The highest BCUT2D eigenvalue weighted by Gasteiger charge is 2.41. The van der Waals surface area contributed by atoms with Gasteiger partial charge in [0.15, 0.2) is 0 Å². The molecule has 1 amide bonds. The van der Waals surface area contributed by atoms with Crippen molar-refractivity contribution in [3.63, 3.8) is 0 Å². The van der Waals surface area contributed by atoms with E-state index in [4.69, 9.17) is 0 Å². The van der Waals surface area contributed by atoms with Gasteiger partial charge in [0.25, 0.3) is 0 Å². The van der Waals surface area contributed by atoms with Crippen LogP contribution in [0.3, 0.4) is 0 Å². The van der Waals surface area contributed by atoms with Crippen molar-refractivity contribution in [3.8, 4) is 0 Å². The van der Waals surface area contributed by atoms with Gasteiger partial charge in [-0.2, -0.15) is 11.8 Å². The Morgan fingerprint density at radius 1 is 1.35 bits per heavy atom. The molecule has 4 heteroatoms. The molecule has 2 rings (SSSR count). The maximum atomic E-state index is 12.4. The molecule has 2 aliphatic rings. The molecule has 2 heterocycles. The molecule has 0 aliphatic carbocycles. The molecule has 2 atom stereocenters. The number of carbonyl (C=O) groups is 1. The fourth-order valence-electron chi connectivity index (χ4n) is 2.93. The Morgan fingerprint density at radius 2 is 2.06 bits per heavy atom. The van der Waals surface area contributed by atoms with Gasteiger partial charge >= 0.3 is 0 Å². The molecule has 3 nitrogen and oxygen atoms in total. The smallest absolute Gasteiger partial charge is 0.241 e. The van der Waals surface area contributed by atoms with Crippen LogP contribution in [0.2, 0.25) is 0 Å². The lowest BCUT2D eigenvalue weighted by atomic mass is 10.1. The zero-order valence-electron chi connectivity index (χ0n) is 10.9. The minimum Gasteiger partial charge on any atom is -0.323 e. The largest absolute Gasteiger partial charge is 0.323 e. The molecule has 98 valence electrons. The Labute approximate surface area is 109 Å². The molecular formula is C13H24N2OS. The predicted octanol–water partition coefficient (Wildman–Crippen LogP) is 2.22. The molecule has 0 aromatic carbocycles. The summed E-state index contributed by atoms with van der Waals surface area (Å²) >= 11 is 2.02. The Balaban J connectivity index is 2.04.